The second kappa shape index (κ2) is 6.20. The topological polar surface area (TPSA) is 93.4 Å². The number of benzene rings is 1. The maximum atomic E-state index is 13.0. The van der Waals surface area contributed by atoms with Crippen molar-refractivity contribution in [3.8, 4) is 5.69 Å². The van der Waals surface area contributed by atoms with Gasteiger partial charge in [-0.3, -0.25) is 4.79 Å². The van der Waals surface area contributed by atoms with Crippen LogP contribution in [0.15, 0.2) is 30.6 Å². The minimum absolute atomic E-state index is 0.0266. The number of aliphatic hydroxyl groups excluding tert-OH is 1. The Morgan fingerprint density at radius 2 is 2.12 bits per heavy atom. The lowest BCUT2D eigenvalue weighted by Gasteiger charge is -2.42. The van der Waals surface area contributed by atoms with Crippen molar-refractivity contribution in [3.05, 3.63) is 36.2 Å². The molecule has 25 heavy (non-hydrogen) atoms. The summed E-state index contributed by atoms with van der Waals surface area (Å²) in [6.07, 6.45) is 4.04. The van der Waals surface area contributed by atoms with Crippen molar-refractivity contribution >= 4 is 5.91 Å². The van der Waals surface area contributed by atoms with Crippen LogP contribution in [0.25, 0.3) is 5.69 Å². The molecule has 1 aromatic heterocycles. The lowest BCUT2D eigenvalue weighted by Crippen LogP contribution is -2.52. The molecule has 8 nitrogen and oxygen atoms in total. The monoisotopic (exact) mass is 343 g/mol. The number of methoxy groups -OCH3 is 1. The minimum Gasteiger partial charge on any atom is -0.393 e. The van der Waals surface area contributed by atoms with E-state index in [1.54, 1.807) is 19.2 Å². The highest BCUT2D eigenvalue weighted by atomic mass is 16.5. The third-order valence-corrected chi connectivity index (χ3v) is 5.55. The molecule has 0 radical (unpaired) electrons. The van der Waals surface area contributed by atoms with Crippen molar-refractivity contribution in [2.75, 3.05) is 13.7 Å². The van der Waals surface area contributed by atoms with Crippen molar-refractivity contribution in [1.29, 1.82) is 0 Å². The Hall–Kier alpha value is -2.32. The first kappa shape index (κ1) is 16.2. The van der Waals surface area contributed by atoms with Crippen LogP contribution < -0.4 is 0 Å². The lowest BCUT2D eigenvalue weighted by atomic mass is 9.79. The number of hydrogen-bond donors (Lipinski definition) is 1. The van der Waals surface area contributed by atoms with Gasteiger partial charge in [0.1, 0.15) is 6.33 Å². The number of carbonyl (C=O) groups is 1. The van der Waals surface area contributed by atoms with Gasteiger partial charge in [0.15, 0.2) is 0 Å². The number of tetrazole rings is 1. The zero-order chi connectivity index (χ0) is 17.4. The molecule has 132 valence electrons. The van der Waals surface area contributed by atoms with Crippen LogP contribution in [0.4, 0.5) is 0 Å². The Labute approximate surface area is 145 Å². The van der Waals surface area contributed by atoms with Crippen molar-refractivity contribution < 1.29 is 14.6 Å². The molecule has 2 aliphatic rings. The summed E-state index contributed by atoms with van der Waals surface area (Å²) in [6.45, 7) is 0.652. The second-order valence-corrected chi connectivity index (χ2v) is 6.76. The molecule has 8 heteroatoms. The highest BCUT2D eigenvalue weighted by Gasteiger charge is 2.52. The van der Waals surface area contributed by atoms with E-state index < -0.39 is 0 Å². The number of ether oxygens (including phenoxy) is 1. The quantitative estimate of drug-likeness (QED) is 0.886. The van der Waals surface area contributed by atoms with Gasteiger partial charge in [0.2, 0.25) is 0 Å². The fraction of sp³-hybridized carbons (Fsp3) is 0.529. The predicted octanol–water partition coefficient (Wildman–Crippen LogP) is 0.807. The molecule has 0 unspecified atom stereocenters. The average Bonchev–Trinajstić information content (AvgIpc) is 3.30. The van der Waals surface area contributed by atoms with Crippen molar-refractivity contribution in [3.63, 3.8) is 0 Å². The molecule has 1 aliphatic heterocycles. The summed E-state index contributed by atoms with van der Waals surface area (Å²) >= 11 is 0. The summed E-state index contributed by atoms with van der Waals surface area (Å²) in [4.78, 5) is 14.9. The molecule has 1 N–H and O–H groups in total. The summed E-state index contributed by atoms with van der Waals surface area (Å²) in [7, 11) is 1.71. The molecule has 0 spiro atoms. The van der Waals surface area contributed by atoms with Gasteiger partial charge in [0.05, 0.1) is 23.4 Å². The van der Waals surface area contributed by atoms with Crippen LogP contribution in [0.3, 0.4) is 0 Å². The lowest BCUT2D eigenvalue weighted by molar-refractivity contribution is -0.0824. The number of amides is 1. The van der Waals surface area contributed by atoms with E-state index >= 15 is 0 Å². The predicted molar refractivity (Wildman–Crippen MR) is 88.2 cm³/mol. The molecule has 1 saturated carbocycles. The number of likely N-dealkylation sites (tertiary alicyclic amines) is 1. The van der Waals surface area contributed by atoms with Gasteiger partial charge in [-0.15, -0.1) is 5.10 Å². The van der Waals surface area contributed by atoms with Gasteiger partial charge in [-0.2, -0.15) is 0 Å². The fourth-order valence-electron chi connectivity index (χ4n) is 4.12. The molecule has 4 rings (SSSR count). The second-order valence-electron chi connectivity index (χ2n) is 6.76. The highest BCUT2D eigenvalue weighted by Crippen LogP contribution is 2.42. The number of rotatable bonds is 3. The molecular weight excluding hydrogens is 322 g/mol. The Morgan fingerprint density at radius 3 is 2.80 bits per heavy atom. The van der Waals surface area contributed by atoms with E-state index in [2.05, 4.69) is 15.5 Å². The average molecular weight is 343 g/mol. The Bertz CT molecular complexity index is 748. The van der Waals surface area contributed by atoms with Gasteiger partial charge in [-0.1, -0.05) is 0 Å². The zero-order valence-electron chi connectivity index (χ0n) is 14.1. The van der Waals surface area contributed by atoms with E-state index in [1.165, 1.54) is 11.0 Å². The summed E-state index contributed by atoms with van der Waals surface area (Å²) < 4.78 is 7.34. The molecular formula is C17H21N5O3. The molecule has 2 heterocycles. The Kier molecular flexibility index (Phi) is 4.01. The van der Waals surface area contributed by atoms with Gasteiger partial charge in [-0.25, -0.2) is 4.68 Å². The highest BCUT2D eigenvalue weighted by molar-refractivity contribution is 5.95. The van der Waals surface area contributed by atoms with E-state index in [1.807, 2.05) is 17.0 Å². The van der Waals surface area contributed by atoms with E-state index in [0.717, 1.165) is 24.9 Å². The molecule has 0 bridgehead atoms. The Balaban J connectivity index is 1.56. The van der Waals surface area contributed by atoms with E-state index in [0.29, 0.717) is 18.5 Å². The maximum Gasteiger partial charge on any atom is 0.254 e. The van der Waals surface area contributed by atoms with Crippen LogP contribution in [-0.4, -0.2) is 67.5 Å². The van der Waals surface area contributed by atoms with Crippen LogP contribution in [0, 0.1) is 0 Å². The summed E-state index contributed by atoms with van der Waals surface area (Å²) in [5, 5.41) is 21.1. The smallest absolute Gasteiger partial charge is 0.254 e. The number of aliphatic hydroxyl groups is 1. The first-order valence-corrected chi connectivity index (χ1v) is 8.50. The van der Waals surface area contributed by atoms with Gasteiger partial charge < -0.3 is 14.7 Å². The number of nitrogens with zero attached hydrogens (tertiary/aromatic N) is 5. The van der Waals surface area contributed by atoms with Crippen LogP contribution in [0.2, 0.25) is 0 Å². The van der Waals surface area contributed by atoms with E-state index in [9.17, 15) is 9.90 Å². The van der Waals surface area contributed by atoms with Crippen molar-refractivity contribution in [2.45, 2.75) is 43.4 Å². The van der Waals surface area contributed by atoms with Crippen molar-refractivity contribution in [1.82, 2.24) is 25.1 Å². The number of aromatic nitrogens is 4. The van der Waals surface area contributed by atoms with Gasteiger partial charge >= 0.3 is 0 Å². The van der Waals surface area contributed by atoms with Gasteiger partial charge in [0.25, 0.3) is 5.91 Å². The molecule has 1 aliphatic carbocycles. The third-order valence-electron chi connectivity index (χ3n) is 5.55. The first-order valence-electron chi connectivity index (χ1n) is 8.50. The Morgan fingerprint density at radius 1 is 1.32 bits per heavy atom. The maximum absolute atomic E-state index is 13.0. The standard InChI is InChI=1S/C17H21N5O3/c1-25-17-7-6-14(23)10-15(17)21(9-8-17)16(24)12-2-4-13(5-3-12)22-11-18-19-20-22/h2-5,11,14-15,23H,6-10H2,1H3/t14-,15+,17-/m1/s1. The van der Waals surface area contributed by atoms with Crippen LogP contribution in [-0.2, 0) is 4.74 Å². The molecule has 1 aromatic carbocycles. The van der Waals surface area contributed by atoms with E-state index in [-0.39, 0.29) is 23.7 Å². The summed E-state index contributed by atoms with van der Waals surface area (Å²) in [5.74, 6) is -0.0266. The number of carbonyl (C=O) groups excluding carboxylic acids is 1. The first-order chi connectivity index (χ1) is 12.1. The van der Waals surface area contributed by atoms with Crippen molar-refractivity contribution in [2.24, 2.45) is 0 Å². The van der Waals surface area contributed by atoms with Crippen LogP contribution in [0.1, 0.15) is 36.0 Å². The van der Waals surface area contributed by atoms with E-state index in [4.69, 9.17) is 4.74 Å². The van der Waals surface area contributed by atoms with Crippen LogP contribution >= 0.6 is 0 Å². The molecule has 2 fully saturated rings. The molecule has 2 aromatic rings. The molecule has 1 saturated heterocycles. The van der Waals surface area contributed by atoms with Gasteiger partial charge in [0, 0.05) is 19.2 Å². The fourth-order valence-corrected chi connectivity index (χ4v) is 4.12. The van der Waals surface area contributed by atoms with Crippen LogP contribution in [0.5, 0.6) is 0 Å². The molecule has 1 amide bonds. The molecule has 3 atom stereocenters. The number of fused-ring (bicyclic) bond motifs is 1. The largest absolute Gasteiger partial charge is 0.393 e. The third kappa shape index (κ3) is 2.71. The zero-order valence-corrected chi connectivity index (χ0v) is 14.1. The number of hydrogen-bond acceptors (Lipinski definition) is 6. The minimum atomic E-state index is -0.371. The summed E-state index contributed by atoms with van der Waals surface area (Å²) in [5.41, 5.74) is 1.09. The van der Waals surface area contributed by atoms with Gasteiger partial charge in [-0.05, 0) is 60.4 Å². The SMILES string of the molecule is CO[C@@]12CC[C@@H](O)C[C@@H]1N(C(=O)c1ccc(-n3cnnn3)cc1)CC2. The normalized spacial score (nSPS) is 28.8. The summed E-state index contributed by atoms with van der Waals surface area (Å²) in [6, 6.07) is 7.13.